The lowest BCUT2D eigenvalue weighted by atomic mass is 10.1. The topological polar surface area (TPSA) is 89.2 Å². The summed E-state index contributed by atoms with van der Waals surface area (Å²) in [6.07, 6.45) is 1.80. The molecule has 0 saturated carbocycles. The molecule has 1 aliphatic heterocycles. The van der Waals surface area contributed by atoms with Crippen LogP contribution < -0.4 is 10.6 Å². The molecule has 2 N–H and O–H groups in total. The number of benzene rings is 1. The van der Waals surface area contributed by atoms with Gasteiger partial charge in [-0.3, -0.25) is 14.5 Å². The molecule has 0 radical (unpaired) electrons. The number of hydrogen-bond acceptors (Lipinski definition) is 4. The number of carbonyl (C=O) groups excluding carboxylic acids is 2. The SMILES string of the molecule is NC(=O)C1CC(=O)N(c2ncc3ccccc3n2)C1. The van der Waals surface area contributed by atoms with Gasteiger partial charge in [0.15, 0.2) is 0 Å². The van der Waals surface area contributed by atoms with Crippen molar-refractivity contribution in [1.82, 2.24) is 9.97 Å². The Bertz CT molecular complexity index is 670. The molecule has 2 aromatic rings. The van der Waals surface area contributed by atoms with Crippen LogP contribution in [0.15, 0.2) is 30.5 Å². The number of rotatable bonds is 2. The fourth-order valence-corrected chi connectivity index (χ4v) is 2.18. The number of anilines is 1. The Morgan fingerprint density at radius 3 is 2.89 bits per heavy atom. The van der Waals surface area contributed by atoms with Crippen molar-refractivity contribution in [3.05, 3.63) is 30.5 Å². The number of para-hydroxylation sites is 1. The smallest absolute Gasteiger partial charge is 0.232 e. The first-order valence-corrected chi connectivity index (χ1v) is 5.96. The van der Waals surface area contributed by atoms with Crippen molar-refractivity contribution >= 4 is 28.7 Å². The van der Waals surface area contributed by atoms with Gasteiger partial charge in [-0.15, -0.1) is 0 Å². The zero-order valence-corrected chi connectivity index (χ0v) is 10.1. The quantitative estimate of drug-likeness (QED) is 0.845. The summed E-state index contributed by atoms with van der Waals surface area (Å²) in [4.78, 5) is 32.9. The van der Waals surface area contributed by atoms with Crippen molar-refractivity contribution in [2.75, 3.05) is 11.4 Å². The molecule has 1 saturated heterocycles. The van der Waals surface area contributed by atoms with Crippen molar-refractivity contribution < 1.29 is 9.59 Å². The van der Waals surface area contributed by atoms with Gasteiger partial charge in [-0.05, 0) is 6.07 Å². The Morgan fingerprint density at radius 1 is 1.37 bits per heavy atom. The molecule has 6 heteroatoms. The average Bonchev–Trinajstić information content (AvgIpc) is 2.80. The van der Waals surface area contributed by atoms with Gasteiger partial charge < -0.3 is 5.73 Å². The molecular weight excluding hydrogens is 244 g/mol. The summed E-state index contributed by atoms with van der Waals surface area (Å²) < 4.78 is 0. The summed E-state index contributed by atoms with van der Waals surface area (Å²) in [5, 5.41) is 0.907. The van der Waals surface area contributed by atoms with Crippen LogP contribution in [0.3, 0.4) is 0 Å². The van der Waals surface area contributed by atoms with Crippen molar-refractivity contribution in [2.24, 2.45) is 11.7 Å². The normalized spacial score (nSPS) is 19.1. The minimum absolute atomic E-state index is 0.130. The van der Waals surface area contributed by atoms with Crippen LogP contribution >= 0.6 is 0 Å². The lowest BCUT2D eigenvalue weighted by molar-refractivity contribution is -0.123. The summed E-state index contributed by atoms with van der Waals surface area (Å²) in [5.74, 6) is -0.759. The third-order valence-electron chi connectivity index (χ3n) is 3.25. The molecule has 1 aromatic carbocycles. The Morgan fingerprint density at radius 2 is 2.16 bits per heavy atom. The standard InChI is InChI=1S/C13H12N4O2/c14-12(19)9-5-11(18)17(7-9)13-15-6-8-3-1-2-4-10(8)16-13/h1-4,6,9H,5,7H2,(H2,14,19). The minimum atomic E-state index is -0.461. The van der Waals surface area contributed by atoms with Crippen molar-refractivity contribution in [1.29, 1.82) is 0 Å². The molecule has 1 fully saturated rings. The van der Waals surface area contributed by atoms with Crippen LogP contribution in [0, 0.1) is 5.92 Å². The highest BCUT2D eigenvalue weighted by Gasteiger charge is 2.35. The highest BCUT2D eigenvalue weighted by atomic mass is 16.2. The zero-order valence-electron chi connectivity index (χ0n) is 10.1. The first kappa shape index (κ1) is 11.6. The van der Waals surface area contributed by atoms with Gasteiger partial charge in [0.05, 0.1) is 11.4 Å². The van der Waals surface area contributed by atoms with Crippen LogP contribution in [-0.2, 0) is 9.59 Å². The van der Waals surface area contributed by atoms with E-state index in [2.05, 4.69) is 9.97 Å². The number of hydrogen-bond donors (Lipinski definition) is 1. The predicted octanol–water partition coefficient (Wildman–Crippen LogP) is 0.468. The number of nitrogens with zero attached hydrogens (tertiary/aromatic N) is 3. The summed E-state index contributed by atoms with van der Waals surface area (Å²) in [6, 6.07) is 7.52. The van der Waals surface area contributed by atoms with Gasteiger partial charge in [-0.1, -0.05) is 18.2 Å². The maximum atomic E-state index is 11.9. The fraction of sp³-hybridized carbons (Fsp3) is 0.231. The van der Waals surface area contributed by atoms with Gasteiger partial charge in [0.2, 0.25) is 17.8 Å². The molecule has 0 bridgehead atoms. The van der Waals surface area contributed by atoms with Gasteiger partial charge in [0.1, 0.15) is 0 Å². The van der Waals surface area contributed by atoms with E-state index in [1.165, 1.54) is 4.90 Å². The third-order valence-corrected chi connectivity index (χ3v) is 3.25. The third kappa shape index (κ3) is 2.01. The van der Waals surface area contributed by atoms with Crippen molar-refractivity contribution in [3.8, 4) is 0 Å². The van der Waals surface area contributed by atoms with E-state index in [1.54, 1.807) is 6.20 Å². The number of amides is 2. The molecule has 1 unspecified atom stereocenters. The van der Waals surface area contributed by atoms with Gasteiger partial charge in [-0.25, -0.2) is 9.97 Å². The maximum Gasteiger partial charge on any atom is 0.232 e. The molecule has 3 rings (SSSR count). The second kappa shape index (κ2) is 4.31. The van der Waals surface area contributed by atoms with E-state index in [-0.39, 0.29) is 18.9 Å². The van der Waals surface area contributed by atoms with Crippen LogP contribution in [0.25, 0.3) is 10.9 Å². The number of nitrogens with two attached hydrogens (primary N) is 1. The van der Waals surface area contributed by atoms with Crippen molar-refractivity contribution in [2.45, 2.75) is 6.42 Å². The molecule has 2 heterocycles. The van der Waals surface area contributed by atoms with E-state index in [1.807, 2.05) is 24.3 Å². The second-order valence-corrected chi connectivity index (χ2v) is 4.54. The summed E-state index contributed by atoms with van der Waals surface area (Å²) in [5.41, 5.74) is 6.00. The van der Waals surface area contributed by atoms with E-state index in [9.17, 15) is 9.59 Å². The van der Waals surface area contributed by atoms with E-state index in [4.69, 9.17) is 5.73 Å². The van der Waals surface area contributed by atoms with E-state index in [0.717, 1.165) is 10.9 Å². The highest BCUT2D eigenvalue weighted by molar-refractivity contribution is 5.99. The Labute approximate surface area is 109 Å². The van der Waals surface area contributed by atoms with E-state index in [0.29, 0.717) is 5.95 Å². The van der Waals surface area contributed by atoms with Crippen LogP contribution in [0.4, 0.5) is 5.95 Å². The molecule has 96 valence electrons. The monoisotopic (exact) mass is 256 g/mol. The number of carbonyl (C=O) groups is 2. The molecule has 0 aliphatic carbocycles. The Balaban J connectivity index is 1.96. The first-order chi connectivity index (χ1) is 9.15. The van der Waals surface area contributed by atoms with Gasteiger partial charge in [0.25, 0.3) is 0 Å². The van der Waals surface area contributed by atoms with Crippen LogP contribution in [-0.4, -0.2) is 28.3 Å². The number of fused-ring (bicyclic) bond motifs is 1. The van der Waals surface area contributed by atoms with E-state index < -0.39 is 11.8 Å². The molecule has 2 amide bonds. The minimum Gasteiger partial charge on any atom is -0.369 e. The zero-order chi connectivity index (χ0) is 13.4. The molecule has 19 heavy (non-hydrogen) atoms. The summed E-state index contributed by atoms with van der Waals surface area (Å²) in [6.45, 7) is 0.256. The van der Waals surface area contributed by atoms with E-state index >= 15 is 0 Å². The van der Waals surface area contributed by atoms with Crippen LogP contribution in [0.5, 0.6) is 0 Å². The first-order valence-electron chi connectivity index (χ1n) is 5.96. The fourth-order valence-electron chi connectivity index (χ4n) is 2.18. The second-order valence-electron chi connectivity index (χ2n) is 4.54. The Kier molecular flexibility index (Phi) is 2.63. The molecule has 1 aromatic heterocycles. The average molecular weight is 256 g/mol. The Hall–Kier alpha value is -2.50. The lowest BCUT2D eigenvalue weighted by Crippen LogP contribution is -2.29. The van der Waals surface area contributed by atoms with Crippen molar-refractivity contribution in [3.63, 3.8) is 0 Å². The van der Waals surface area contributed by atoms with Crippen LogP contribution in [0.1, 0.15) is 6.42 Å². The molecule has 1 aliphatic rings. The molecule has 0 spiro atoms. The largest absolute Gasteiger partial charge is 0.369 e. The predicted molar refractivity (Wildman–Crippen MR) is 69.2 cm³/mol. The maximum absolute atomic E-state index is 11.9. The summed E-state index contributed by atoms with van der Waals surface area (Å²) >= 11 is 0. The number of primary amides is 1. The van der Waals surface area contributed by atoms with Gasteiger partial charge >= 0.3 is 0 Å². The molecule has 1 atom stereocenters. The molecular formula is C13H12N4O2. The molecule has 6 nitrogen and oxygen atoms in total. The lowest BCUT2D eigenvalue weighted by Gasteiger charge is -2.13. The summed E-state index contributed by atoms with van der Waals surface area (Å²) in [7, 11) is 0. The highest BCUT2D eigenvalue weighted by Crippen LogP contribution is 2.23. The van der Waals surface area contributed by atoms with Gasteiger partial charge in [0, 0.05) is 24.5 Å². The van der Waals surface area contributed by atoms with Crippen LogP contribution in [0.2, 0.25) is 0 Å². The van der Waals surface area contributed by atoms with Gasteiger partial charge in [-0.2, -0.15) is 0 Å². The number of aromatic nitrogens is 2.